The van der Waals surface area contributed by atoms with Crippen LogP contribution in [0.1, 0.15) is 24.8 Å². The Hall–Kier alpha value is -1.75. The predicted molar refractivity (Wildman–Crippen MR) is 66.3 cm³/mol. The van der Waals surface area contributed by atoms with E-state index in [-0.39, 0.29) is 0 Å². The summed E-state index contributed by atoms with van der Waals surface area (Å²) in [4.78, 5) is 2.27. The van der Waals surface area contributed by atoms with E-state index < -0.39 is 0 Å². The lowest BCUT2D eigenvalue weighted by molar-refractivity contribution is 0.617. The first-order valence-corrected chi connectivity index (χ1v) is 5.71. The molecule has 2 nitrogen and oxygen atoms in total. The van der Waals surface area contributed by atoms with Crippen LogP contribution in [0.2, 0.25) is 0 Å². The summed E-state index contributed by atoms with van der Waals surface area (Å²) in [5, 5.41) is 8.74. The molecule has 1 aliphatic carbocycles. The molecule has 1 aromatic carbocycles. The molecule has 2 heteroatoms. The monoisotopic (exact) mass is 212 g/mol. The minimum Gasteiger partial charge on any atom is -0.368 e. The Kier molecular flexibility index (Phi) is 3.26. The zero-order chi connectivity index (χ0) is 11.4. The highest BCUT2D eigenvalue weighted by molar-refractivity contribution is 5.50. The van der Waals surface area contributed by atoms with Gasteiger partial charge in [0.15, 0.2) is 0 Å². The molecule has 0 saturated carbocycles. The van der Waals surface area contributed by atoms with Crippen LogP contribution >= 0.6 is 0 Å². The van der Waals surface area contributed by atoms with Crippen molar-refractivity contribution in [1.82, 2.24) is 0 Å². The minimum atomic E-state index is 0.502. The minimum absolute atomic E-state index is 0.502. The van der Waals surface area contributed by atoms with E-state index in [2.05, 4.69) is 30.2 Å². The molecule has 0 radical (unpaired) electrons. The molecule has 0 spiro atoms. The Bertz CT molecular complexity index is 411. The maximum atomic E-state index is 8.74. The fraction of sp³-hybridized carbons (Fsp3) is 0.357. The summed E-state index contributed by atoms with van der Waals surface area (Å²) in [6.07, 6.45) is 8.22. The standard InChI is InChI=1S/C14H16N2/c1-16(13-5-3-2-4-6-13)14-9-7-12(11-15)8-10-14/h3,5,7-10,13H,2,4,6H2,1H3. The molecular weight excluding hydrogens is 196 g/mol. The predicted octanol–water partition coefficient (Wildman–Crippen LogP) is 3.10. The van der Waals surface area contributed by atoms with Crippen molar-refractivity contribution in [3.8, 4) is 6.07 Å². The third kappa shape index (κ3) is 2.25. The van der Waals surface area contributed by atoms with Crippen molar-refractivity contribution in [2.75, 3.05) is 11.9 Å². The van der Waals surface area contributed by atoms with E-state index in [0.717, 1.165) is 5.56 Å². The highest BCUT2D eigenvalue weighted by Gasteiger charge is 2.13. The van der Waals surface area contributed by atoms with Gasteiger partial charge in [-0.25, -0.2) is 0 Å². The van der Waals surface area contributed by atoms with Crippen LogP contribution in [-0.4, -0.2) is 13.1 Å². The summed E-state index contributed by atoms with van der Waals surface area (Å²) in [5.74, 6) is 0. The molecule has 82 valence electrons. The molecule has 0 heterocycles. The van der Waals surface area contributed by atoms with Gasteiger partial charge in [0.05, 0.1) is 11.6 Å². The van der Waals surface area contributed by atoms with Crippen LogP contribution in [-0.2, 0) is 0 Å². The number of nitriles is 1. The zero-order valence-corrected chi connectivity index (χ0v) is 9.56. The van der Waals surface area contributed by atoms with Crippen LogP contribution in [0.3, 0.4) is 0 Å². The number of allylic oxidation sites excluding steroid dienone is 1. The lowest BCUT2D eigenvalue weighted by Crippen LogP contribution is -2.30. The number of rotatable bonds is 2. The Labute approximate surface area is 96.8 Å². The second-order valence-electron chi connectivity index (χ2n) is 4.20. The molecule has 1 aromatic rings. The van der Waals surface area contributed by atoms with Gasteiger partial charge < -0.3 is 4.90 Å². The van der Waals surface area contributed by atoms with Crippen molar-refractivity contribution in [3.05, 3.63) is 42.0 Å². The van der Waals surface area contributed by atoms with E-state index in [1.165, 1.54) is 24.9 Å². The number of likely N-dealkylation sites (N-methyl/N-ethyl adjacent to an activating group) is 1. The van der Waals surface area contributed by atoms with Crippen molar-refractivity contribution in [2.45, 2.75) is 25.3 Å². The third-order valence-corrected chi connectivity index (χ3v) is 3.13. The molecule has 0 bridgehead atoms. The molecule has 1 unspecified atom stereocenters. The van der Waals surface area contributed by atoms with Gasteiger partial charge in [-0.05, 0) is 43.5 Å². The van der Waals surface area contributed by atoms with Crippen LogP contribution in [0, 0.1) is 11.3 Å². The second-order valence-corrected chi connectivity index (χ2v) is 4.20. The van der Waals surface area contributed by atoms with E-state index in [4.69, 9.17) is 5.26 Å². The van der Waals surface area contributed by atoms with Gasteiger partial charge in [-0.15, -0.1) is 0 Å². The Morgan fingerprint density at radius 3 is 2.62 bits per heavy atom. The molecule has 0 N–H and O–H groups in total. The van der Waals surface area contributed by atoms with Crippen LogP contribution in [0.25, 0.3) is 0 Å². The zero-order valence-electron chi connectivity index (χ0n) is 9.56. The molecule has 16 heavy (non-hydrogen) atoms. The van der Waals surface area contributed by atoms with E-state index in [0.29, 0.717) is 6.04 Å². The van der Waals surface area contributed by atoms with Crippen LogP contribution in [0.5, 0.6) is 0 Å². The van der Waals surface area contributed by atoms with Crippen molar-refractivity contribution in [2.24, 2.45) is 0 Å². The maximum absolute atomic E-state index is 8.74. The van der Waals surface area contributed by atoms with Gasteiger partial charge in [-0.3, -0.25) is 0 Å². The van der Waals surface area contributed by atoms with Crippen LogP contribution in [0.15, 0.2) is 36.4 Å². The fourth-order valence-corrected chi connectivity index (χ4v) is 2.08. The lowest BCUT2D eigenvalue weighted by atomic mass is 10.0. The summed E-state index contributed by atoms with van der Waals surface area (Å²) in [6.45, 7) is 0. The van der Waals surface area contributed by atoms with Crippen molar-refractivity contribution in [1.29, 1.82) is 5.26 Å². The van der Waals surface area contributed by atoms with Gasteiger partial charge in [0.2, 0.25) is 0 Å². The Balaban J connectivity index is 2.13. The molecule has 1 aliphatic rings. The quantitative estimate of drug-likeness (QED) is 0.704. The van der Waals surface area contributed by atoms with Gasteiger partial charge in [0, 0.05) is 18.8 Å². The number of hydrogen-bond acceptors (Lipinski definition) is 2. The van der Waals surface area contributed by atoms with Crippen LogP contribution < -0.4 is 4.90 Å². The lowest BCUT2D eigenvalue weighted by Gasteiger charge is -2.29. The van der Waals surface area contributed by atoms with E-state index >= 15 is 0 Å². The summed E-state index contributed by atoms with van der Waals surface area (Å²) in [6, 6.07) is 10.4. The Morgan fingerprint density at radius 1 is 1.31 bits per heavy atom. The second kappa shape index (κ2) is 4.85. The largest absolute Gasteiger partial charge is 0.368 e. The van der Waals surface area contributed by atoms with Gasteiger partial charge in [0.25, 0.3) is 0 Å². The molecule has 0 amide bonds. The first-order valence-electron chi connectivity index (χ1n) is 5.71. The fourth-order valence-electron chi connectivity index (χ4n) is 2.08. The number of anilines is 1. The first-order chi connectivity index (χ1) is 7.81. The Morgan fingerprint density at radius 2 is 2.06 bits per heavy atom. The van der Waals surface area contributed by atoms with Gasteiger partial charge in [0.1, 0.15) is 0 Å². The highest BCUT2D eigenvalue weighted by Crippen LogP contribution is 2.22. The molecular formula is C14H16N2. The van der Waals surface area contributed by atoms with E-state index in [1.807, 2.05) is 24.3 Å². The molecule has 1 atom stereocenters. The number of nitrogens with zero attached hydrogens (tertiary/aromatic N) is 2. The normalized spacial score (nSPS) is 19.1. The van der Waals surface area contributed by atoms with E-state index in [1.54, 1.807) is 0 Å². The third-order valence-electron chi connectivity index (χ3n) is 3.13. The topological polar surface area (TPSA) is 27.0 Å². The number of benzene rings is 1. The summed E-state index contributed by atoms with van der Waals surface area (Å²) < 4.78 is 0. The summed E-state index contributed by atoms with van der Waals surface area (Å²) >= 11 is 0. The van der Waals surface area contributed by atoms with Crippen molar-refractivity contribution >= 4 is 5.69 Å². The molecule has 0 saturated heterocycles. The van der Waals surface area contributed by atoms with E-state index in [9.17, 15) is 0 Å². The highest BCUT2D eigenvalue weighted by atomic mass is 15.1. The average molecular weight is 212 g/mol. The number of hydrogen-bond donors (Lipinski definition) is 0. The molecule has 0 aromatic heterocycles. The molecule has 0 aliphatic heterocycles. The first kappa shape index (κ1) is 10.8. The van der Waals surface area contributed by atoms with Crippen LogP contribution in [0.4, 0.5) is 5.69 Å². The average Bonchev–Trinajstić information content (AvgIpc) is 2.39. The van der Waals surface area contributed by atoms with Gasteiger partial charge >= 0.3 is 0 Å². The summed E-state index contributed by atoms with van der Waals surface area (Å²) in [7, 11) is 2.11. The smallest absolute Gasteiger partial charge is 0.0991 e. The summed E-state index contributed by atoms with van der Waals surface area (Å²) in [5.41, 5.74) is 1.90. The van der Waals surface area contributed by atoms with Crippen molar-refractivity contribution < 1.29 is 0 Å². The maximum Gasteiger partial charge on any atom is 0.0991 e. The SMILES string of the molecule is CN(c1ccc(C#N)cc1)C1C=CCCC1. The van der Waals surface area contributed by atoms with Crippen molar-refractivity contribution in [3.63, 3.8) is 0 Å². The van der Waals surface area contributed by atoms with Gasteiger partial charge in [-0.2, -0.15) is 5.26 Å². The molecule has 0 fully saturated rings. The van der Waals surface area contributed by atoms with Gasteiger partial charge in [-0.1, -0.05) is 12.2 Å². The molecule has 2 rings (SSSR count).